The first-order chi connectivity index (χ1) is 16.1. The predicted molar refractivity (Wildman–Crippen MR) is 122 cm³/mol. The molecular weight excluding hydrogens is 421 g/mol. The van der Waals surface area contributed by atoms with E-state index in [1.54, 1.807) is 29.9 Å². The van der Waals surface area contributed by atoms with Crippen molar-refractivity contribution in [3.8, 4) is 33.9 Å². The number of H-pyrrole nitrogens is 2. The van der Waals surface area contributed by atoms with Crippen LogP contribution in [-0.2, 0) is 13.7 Å². The van der Waals surface area contributed by atoms with Crippen molar-refractivity contribution in [2.75, 3.05) is 0 Å². The molecule has 0 saturated heterocycles. The zero-order valence-electron chi connectivity index (χ0n) is 17.5. The number of benzene rings is 2. The smallest absolute Gasteiger partial charge is 0.161 e. The van der Waals surface area contributed by atoms with Crippen LogP contribution in [0.4, 0.5) is 4.39 Å². The summed E-state index contributed by atoms with van der Waals surface area (Å²) in [6, 6.07) is 16.0. The second-order valence-electron chi connectivity index (χ2n) is 7.75. The van der Waals surface area contributed by atoms with Crippen LogP contribution in [0.2, 0.25) is 0 Å². The Balaban J connectivity index is 1.52. The Morgan fingerprint density at radius 2 is 1.76 bits per heavy atom. The van der Waals surface area contributed by atoms with Crippen LogP contribution in [0, 0.1) is 5.82 Å². The molecule has 0 fully saturated rings. The van der Waals surface area contributed by atoms with Gasteiger partial charge in [-0.25, -0.2) is 14.4 Å². The Labute approximate surface area is 186 Å². The Bertz CT molecular complexity index is 1650. The van der Waals surface area contributed by atoms with E-state index in [4.69, 9.17) is 9.97 Å². The van der Waals surface area contributed by atoms with Crippen LogP contribution in [0.25, 0.3) is 56.0 Å². The fraction of sp³-hybridized carbons (Fsp3) is 0.0833. The van der Waals surface area contributed by atoms with E-state index in [2.05, 4.69) is 20.3 Å². The van der Waals surface area contributed by atoms with Crippen molar-refractivity contribution >= 4 is 22.1 Å². The summed E-state index contributed by atoms with van der Waals surface area (Å²) in [5.74, 6) is 0.223. The summed E-state index contributed by atoms with van der Waals surface area (Å²) in [6.07, 6.45) is 1.82. The molecule has 0 atom stereocenters. The van der Waals surface area contributed by atoms with Gasteiger partial charge in [0.25, 0.3) is 0 Å². The highest BCUT2D eigenvalue weighted by Crippen LogP contribution is 2.33. The Morgan fingerprint density at radius 3 is 2.61 bits per heavy atom. The zero-order valence-corrected chi connectivity index (χ0v) is 17.5. The minimum atomic E-state index is -0.303. The number of imidazole rings is 1. The lowest BCUT2D eigenvalue weighted by atomic mass is 10.0. The number of hydrogen-bond acceptors (Lipinski definition) is 5. The molecule has 6 aromatic rings. The summed E-state index contributed by atoms with van der Waals surface area (Å²) < 4.78 is 16.1. The summed E-state index contributed by atoms with van der Waals surface area (Å²) in [7, 11) is 1.80. The first-order valence-corrected chi connectivity index (χ1v) is 10.4. The largest absolute Gasteiger partial charge is 0.390 e. The lowest BCUT2D eigenvalue weighted by Gasteiger charge is -2.03. The maximum atomic E-state index is 14.5. The van der Waals surface area contributed by atoms with E-state index in [-0.39, 0.29) is 12.4 Å². The van der Waals surface area contributed by atoms with Gasteiger partial charge in [-0.3, -0.25) is 9.78 Å². The van der Waals surface area contributed by atoms with Crippen LogP contribution >= 0.6 is 0 Å². The predicted octanol–water partition coefficient (Wildman–Crippen LogP) is 4.20. The summed E-state index contributed by atoms with van der Waals surface area (Å²) in [6.45, 7) is -0.184. The Hall–Kier alpha value is -4.37. The van der Waals surface area contributed by atoms with Gasteiger partial charge in [0.2, 0.25) is 0 Å². The van der Waals surface area contributed by atoms with Gasteiger partial charge in [0.15, 0.2) is 11.5 Å². The van der Waals surface area contributed by atoms with Crippen LogP contribution in [0.15, 0.2) is 60.8 Å². The van der Waals surface area contributed by atoms with E-state index in [1.807, 2.05) is 36.5 Å². The summed E-state index contributed by atoms with van der Waals surface area (Å²) in [5.41, 5.74) is 6.51. The van der Waals surface area contributed by atoms with Crippen molar-refractivity contribution in [2.24, 2.45) is 7.05 Å². The van der Waals surface area contributed by atoms with Gasteiger partial charge in [-0.2, -0.15) is 10.2 Å². The highest BCUT2D eigenvalue weighted by molar-refractivity contribution is 5.96. The van der Waals surface area contributed by atoms with E-state index in [0.717, 1.165) is 16.6 Å². The topological polar surface area (TPSA) is 108 Å². The van der Waals surface area contributed by atoms with Gasteiger partial charge in [0, 0.05) is 29.9 Å². The highest BCUT2D eigenvalue weighted by Gasteiger charge is 2.18. The highest BCUT2D eigenvalue weighted by atomic mass is 19.1. The number of rotatable bonds is 4. The molecule has 0 radical (unpaired) electrons. The molecule has 0 amide bonds. The number of aromatic amines is 2. The molecule has 0 saturated carbocycles. The molecule has 8 nitrogen and oxygen atoms in total. The van der Waals surface area contributed by atoms with E-state index >= 15 is 0 Å². The third kappa shape index (κ3) is 3.09. The van der Waals surface area contributed by atoms with Crippen LogP contribution in [0.3, 0.4) is 0 Å². The van der Waals surface area contributed by atoms with Crippen molar-refractivity contribution in [2.45, 2.75) is 6.61 Å². The molecule has 0 aliphatic heterocycles. The standard InChI is InChI=1S/C24H18FN7O/c1-32-11-15(20(12-33)31-32)17-9-10-19-22(26-17)23(30-29-19)24-27-18-8-4-6-14(21(18)28-24)13-5-2-3-7-16(13)25/h2-11,33H,12H2,1H3,(H,27,28)(H,29,30). The molecule has 0 bridgehead atoms. The van der Waals surface area contributed by atoms with E-state index in [1.165, 1.54) is 6.07 Å². The van der Waals surface area contributed by atoms with Gasteiger partial charge in [0.1, 0.15) is 11.3 Å². The Kier molecular flexibility index (Phi) is 4.30. The van der Waals surface area contributed by atoms with Gasteiger partial charge >= 0.3 is 0 Å². The average Bonchev–Trinajstić information content (AvgIpc) is 3.54. The zero-order chi connectivity index (χ0) is 22.5. The van der Waals surface area contributed by atoms with Crippen molar-refractivity contribution in [3.63, 3.8) is 0 Å². The number of fused-ring (bicyclic) bond motifs is 2. The van der Waals surface area contributed by atoms with Crippen molar-refractivity contribution in [3.05, 3.63) is 72.3 Å². The summed E-state index contributed by atoms with van der Waals surface area (Å²) in [5, 5.41) is 21.4. The first kappa shape index (κ1) is 19.3. The molecule has 0 spiro atoms. The molecule has 4 aromatic heterocycles. The number of nitrogens with one attached hydrogen (secondary N) is 2. The number of pyridine rings is 1. The van der Waals surface area contributed by atoms with Gasteiger partial charge in [-0.15, -0.1) is 0 Å². The van der Waals surface area contributed by atoms with Crippen molar-refractivity contribution in [1.82, 2.24) is 34.9 Å². The molecule has 162 valence electrons. The minimum absolute atomic E-state index is 0.184. The monoisotopic (exact) mass is 439 g/mol. The van der Waals surface area contributed by atoms with E-state index in [9.17, 15) is 9.50 Å². The second-order valence-corrected chi connectivity index (χ2v) is 7.75. The van der Waals surface area contributed by atoms with Gasteiger partial charge < -0.3 is 10.1 Å². The SMILES string of the molecule is Cn1cc(-c2ccc3[nH]nc(-c4nc5c(-c6ccccc6F)cccc5[nH]4)c3n2)c(CO)n1. The Morgan fingerprint density at radius 1 is 0.909 bits per heavy atom. The number of halogens is 1. The number of para-hydroxylation sites is 1. The second kappa shape index (κ2) is 7.35. The summed E-state index contributed by atoms with van der Waals surface area (Å²) in [4.78, 5) is 12.8. The molecular formula is C24H18FN7O. The lowest BCUT2D eigenvalue weighted by molar-refractivity contribution is 0.276. The molecule has 4 heterocycles. The molecule has 33 heavy (non-hydrogen) atoms. The maximum Gasteiger partial charge on any atom is 0.161 e. The molecule has 0 aliphatic carbocycles. The maximum absolute atomic E-state index is 14.5. The van der Waals surface area contributed by atoms with Crippen LogP contribution in [0.5, 0.6) is 0 Å². The third-order valence-corrected chi connectivity index (χ3v) is 5.64. The molecule has 0 aliphatic rings. The van der Waals surface area contributed by atoms with Crippen LogP contribution in [0.1, 0.15) is 5.69 Å². The van der Waals surface area contributed by atoms with E-state index < -0.39 is 0 Å². The molecule has 6 rings (SSSR count). The fourth-order valence-corrected chi connectivity index (χ4v) is 4.12. The summed E-state index contributed by atoms with van der Waals surface area (Å²) >= 11 is 0. The number of aromatic nitrogens is 7. The molecule has 0 unspecified atom stereocenters. The van der Waals surface area contributed by atoms with Crippen LogP contribution in [-0.4, -0.2) is 40.0 Å². The fourth-order valence-electron chi connectivity index (χ4n) is 4.12. The number of hydrogen-bond donors (Lipinski definition) is 3. The van der Waals surface area contributed by atoms with Gasteiger partial charge in [0.05, 0.1) is 34.5 Å². The molecule has 2 aromatic carbocycles. The van der Waals surface area contributed by atoms with Gasteiger partial charge in [-0.05, 0) is 24.3 Å². The van der Waals surface area contributed by atoms with Crippen molar-refractivity contribution < 1.29 is 9.50 Å². The average molecular weight is 439 g/mol. The number of aliphatic hydroxyl groups excluding tert-OH is 1. The minimum Gasteiger partial charge on any atom is -0.390 e. The van der Waals surface area contributed by atoms with Gasteiger partial charge in [-0.1, -0.05) is 30.3 Å². The lowest BCUT2D eigenvalue weighted by Crippen LogP contribution is -1.92. The number of aryl methyl sites for hydroxylation is 1. The molecule has 9 heteroatoms. The number of aliphatic hydroxyl groups is 1. The quantitative estimate of drug-likeness (QED) is 0.382. The first-order valence-electron chi connectivity index (χ1n) is 10.4. The third-order valence-electron chi connectivity index (χ3n) is 5.64. The number of nitrogens with zero attached hydrogens (tertiary/aromatic N) is 5. The van der Waals surface area contributed by atoms with E-state index in [0.29, 0.717) is 45.1 Å². The normalized spacial score (nSPS) is 11.6. The van der Waals surface area contributed by atoms with Crippen LogP contribution < -0.4 is 0 Å². The molecule has 3 N–H and O–H groups in total. The van der Waals surface area contributed by atoms with Crippen molar-refractivity contribution in [1.29, 1.82) is 0 Å².